The Bertz CT molecular complexity index is 432. The smallest absolute Gasteiger partial charge is 0.252 e. The number of halogens is 1. The van der Waals surface area contributed by atoms with Crippen LogP contribution in [-0.2, 0) is 0 Å². The maximum absolute atomic E-state index is 11.9. The minimum Gasteiger partial charge on any atom is -0.351 e. The minimum absolute atomic E-state index is 0.137. The second-order valence-corrected chi connectivity index (χ2v) is 5.16. The van der Waals surface area contributed by atoms with E-state index in [1.807, 2.05) is 0 Å². The Labute approximate surface area is 118 Å². The molecule has 1 N–H and O–H groups in total. The molecule has 2 rings (SSSR count). The molecule has 1 aliphatic rings. The third kappa shape index (κ3) is 4.16. The van der Waals surface area contributed by atoms with Gasteiger partial charge in [0.25, 0.3) is 5.91 Å². The second kappa shape index (κ2) is 6.84. The molecule has 5 nitrogen and oxygen atoms in total. The largest absolute Gasteiger partial charge is 0.351 e. The number of carbonyl (C=O) groups excluding carboxylic acids is 1. The van der Waals surface area contributed by atoms with Crippen molar-refractivity contribution < 1.29 is 4.79 Å². The highest BCUT2D eigenvalue weighted by Crippen LogP contribution is 2.12. The fourth-order valence-corrected chi connectivity index (χ4v) is 2.26. The van der Waals surface area contributed by atoms with Crippen molar-refractivity contribution in [3.63, 3.8) is 0 Å². The molecule has 0 bridgehead atoms. The van der Waals surface area contributed by atoms with Crippen molar-refractivity contribution in [1.29, 1.82) is 0 Å². The SMILES string of the molecule is CN1CCN(CCNC(=O)c2ccncc2Cl)CC1. The van der Waals surface area contributed by atoms with Crippen LogP contribution in [0.4, 0.5) is 0 Å². The van der Waals surface area contributed by atoms with Crippen LogP contribution in [0.5, 0.6) is 0 Å². The van der Waals surface area contributed by atoms with Gasteiger partial charge >= 0.3 is 0 Å². The van der Waals surface area contributed by atoms with Crippen LogP contribution >= 0.6 is 11.6 Å². The monoisotopic (exact) mass is 282 g/mol. The summed E-state index contributed by atoms with van der Waals surface area (Å²) in [5, 5.41) is 3.28. The molecule has 1 fully saturated rings. The van der Waals surface area contributed by atoms with Crippen molar-refractivity contribution in [3.8, 4) is 0 Å². The average Bonchev–Trinajstić information content (AvgIpc) is 2.41. The summed E-state index contributed by atoms with van der Waals surface area (Å²) in [5.74, 6) is -0.137. The predicted octanol–water partition coefficient (Wildman–Crippen LogP) is 0.712. The first-order valence-corrected chi connectivity index (χ1v) is 6.83. The van der Waals surface area contributed by atoms with E-state index in [2.05, 4.69) is 27.1 Å². The molecule has 0 saturated carbocycles. The van der Waals surface area contributed by atoms with Gasteiger partial charge in [-0.25, -0.2) is 0 Å². The summed E-state index contributed by atoms with van der Waals surface area (Å²) in [6.45, 7) is 5.81. The molecule has 1 aromatic heterocycles. The number of pyridine rings is 1. The molecule has 2 heterocycles. The number of amides is 1. The van der Waals surface area contributed by atoms with Gasteiger partial charge in [0, 0.05) is 51.7 Å². The summed E-state index contributed by atoms with van der Waals surface area (Å²) in [5.41, 5.74) is 0.482. The Morgan fingerprint density at radius 1 is 1.42 bits per heavy atom. The van der Waals surface area contributed by atoms with E-state index in [9.17, 15) is 4.79 Å². The van der Waals surface area contributed by atoms with Crippen molar-refractivity contribution >= 4 is 17.5 Å². The number of hydrogen-bond acceptors (Lipinski definition) is 4. The number of likely N-dealkylation sites (N-methyl/N-ethyl adjacent to an activating group) is 1. The van der Waals surface area contributed by atoms with Crippen molar-refractivity contribution in [3.05, 3.63) is 29.0 Å². The topological polar surface area (TPSA) is 48.5 Å². The summed E-state index contributed by atoms with van der Waals surface area (Å²) in [7, 11) is 2.13. The lowest BCUT2D eigenvalue weighted by atomic mass is 10.2. The van der Waals surface area contributed by atoms with Crippen molar-refractivity contribution in [2.75, 3.05) is 46.3 Å². The van der Waals surface area contributed by atoms with E-state index in [0.29, 0.717) is 17.1 Å². The molecule has 0 spiro atoms. The van der Waals surface area contributed by atoms with E-state index in [-0.39, 0.29) is 5.91 Å². The molecule has 0 unspecified atom stereocenters. The second-order valence-electron chi connectivity index (χ2n) is 4.76. The Morgan fingerprint density at radius 2 is 2.16 bits per heavy atom. The number of rotatable bonds is 4. The zero-order chi connectivity index (χ0) is 13.7. The zero-order valence-electron chi connectivity index (χ0n) is 11.1. The lowest BCUT2D eigenvalue weighted by Gasteiger charge is -2.32. The van der Waals surface area contributed by atoms with Crippen LogP contribution in [-0.4, -0.2) is 67.0 Å². The van der Waals surface area contributed by atoms with Gasteiger partial charge in [0.1, 0.15) is 0 Å². The van der Waals surface area contributed by atoms with E-state index in [1.54, 1.807) is 12.3 Å². The molecule has 0 aromatic carbocycles. The molecule has 19 heavy (non-hydrogen) atoms. The molecule has 6 heteroatoms. The Balaban J connectivity index is 1.74. The van der Waals surface area contributed by atoms with E-state index in [0.717, 1.165) is 32.7 Å². The molecule has 1 saturated heterocycles. The summed E-state index contributed by atoms with van der Waals surface area (Å²) >= 11 is 5.92. The molecule has 1 amide bonds. The maximum atomic E-state index is 11.9. The third-order valence-electron chi connectivity index (χ3n) is 3.33. The van der Waals surface area contributed by atoms with Crippen LogP contribution in [0, 0.1) is 0 Å². The number of carbonyl (C=O) groups is 1. The number of hydrogen-bond donors (Lipinski definition) is 1. The zero-order valence-corrected chi connectivity index (χ0v) is 11.9. The Hall–Kier alpha value is -1.17. The van der Waals surface area contributed by atoms with E-state index < -0.39 is 0 Å². The van der Waals surface area contributed by atoms with Crippen LogP contribution in [0.15, 0.2) is 18.5 Å². The Kier molecular flexibility index (Phi) is 5.13. The molecule has 0 radical (unpaired) electrons. The van der Waals surface area contributed by atoms with Gasteiger partial charge in [-0.3, -0.25) is 14.7 Å². The van der Waals surface area contributed by atoms with Gasteiger partial charge in [-0.15, -0.1) is 0 Å². The van der Waals surface area contributed by atoms with Crippen LogP contribution < -0.4 is 5.32 Å². The first kappa shape index (κ1) is 14.2. The normalized spacial score (nSPS) is 17.4. The molecule has 1 aliphatic heterocycles. The minimum atomic E-state index is -0.137. The number of piperazine rings is 1. The highest BCUT2D eigenvalue weighted by molar-refractivity contribution is 6.33. The first-order chi connectivity index (χ1) is 9.16. The van der Waals surface area contributed by atoms with Crippen molar-refractivity contribution in [2.45, 2.75) is 0 Å². The molecular formula is C13H19ClN4O. The van der Waals surface area contributed by atoms with E-state index in [4.69, 9.17) is 11.6 Å². The highest BCUT2D eigenvalue weighted by Gasteiger charge is 2.14. The van der Waals surface area contributed by atoms with Crippen LogP contribution in [0.25, 0.3) is 0 Å². The molecule has 0 aliphatic carbocycles. The van der Waals surface area contributed by atoms with Gasteiger partial charge in [-0.05, 0) is 13.1 Å². The first-order valence-electron chi connectivity index (χ1n) is 6.45. The standard InChI is InChI=1S/C13H19ClN4O/c1-17-6-8-18(9-7-17)5-4-16-13(19)11-2-3-15-10-12(11)14/h2-3,10H,4-9H2,1H3,(H,16,19). The van der Waals surface area contributed by atoms with Crippen LogP contribution in [0.3, 0.4) is 0 Å². The van der Waals surface area contributed by atoms with E-state index in [1.165, 1.54) is 6.20 Å². The summed E-state index contributed by atoms with van der Waals surface area (Å²) in [6.07, 6.45) is 3.05. The van der Waals surface area contributed by atoms with Crippen LogP contribution in [0.2, 0.25) is 5.02 Å². The van der Waals surface area contributed by atoms with Crippen LogP contribution in [0.1, 0.15) is 10.4 Å². The fraction of sp³-hybridized carbons (Fsp3) is 0.538. The predicted molar refractivity (Wildman–Crippen MR) is 75.5 cm³/mol. The van der Waals surface area contributed by atoms with Crippen molar-refractivity contribution in [1.82, 2.24) is 20.1 Å². The lowest BCUT2D eigenvalue weighted by Crippen LogP contribution is -2.46. The van der Waals surface area contributed by atoms with Crippen molar-refractivity contribution in [2.24, 2.45) is 0 Å². The fourth-order valence-electron chi connectivity index (χ4n) is 2.05. The van der Waals surface area contributed by atoms with Gasteiger partial charge in [0.05, 0.1) is 10.6 Å². The molecular weight excluding hydrogens is 264 g/mol. The van der Waals surface area contributed by atoms with Gasteiger partial charge < -0.3 is 10.2 Å². The molecule has 0 atom stereocenters. The summed E-state index contributed by atoms with van der Waals surface area (Å²) in [6, 6.07) is 1.63. The van der Waals surface area contributed by atoms with Gasteiger partial charge in [-0.2, -0.15) is 0 Å². The van der Waals surface area contributed by atoms with Gasteiger partial charge in [-0.1, -0.05) is 11.6 Å². The summed E-state index contributed by atoms with van der Waals surface area (Å²) in [4.78, 5) is 20.4. The molecule has 1 aromatic rings. The number of nitrogens with zero attached hydrogens (tertiary/aromatic N) is 3. The lowest BCUT2D eigenvalue weighted by molar-refractivity contribution is 0.0941. The van der Waals surface area contributed by atoms with Gasteiger partial charge in [0.2, 0.25) is 0 Å². The van der Waals surface area contributed by atoms with Gasteiger partial charge in [0.15, 0.2) is 0 Å². The average molecular weight is 283 g/mol. The third-order valence-corrected chi connectivity index (χ3v) is 3.63. The Morgan fingerprint density at radius 3 is 2.84 bits per heavy atom. The van der Waals surface area contributed by atoms with E-state index >= 15 is 0 Å². The number of nitrogens with one attached hydrogen (secondary N) is 1. The quantitative estimate of drug-likeness (QED) is 0.884. The maximum Gasteiger partial charge on any atom is 0.252 e. The number of aromatic nitrogens is 1. The highest BCUT2D eigenvalue weighted by atomic mass is 35.5. The summed E-state index contributed by atoms with van der Waals surface area (Å²) < 4.78 is 0. The molecule has 104 valence electrons.